The summed E-state index contributed by atoms with van der Waals surface area (Å²) >= 11 is 0. The second-order valence-corrected chi connectivity index (χ2v) is 4.79. The Balaban J connectivity index is 1.78. The van der Waals surface area contributed by atoms with E-state index in [1.165, 1.54) is 12.8 Å². The van der Waals surface area contributed by atoms with Crippen molar-refractivity contribution in [2.75, 3.05) is 5.73 Å². The van der Waals surface area contributed by atoms with E-state index < -0.39 is 0 Å². The van der Waals surface area contributed by atoms with Crippen LogP contribution in [-0.4, -0.2) is 21.7 Å². The van der Waals surface area contributed by atoms with Crippen LogP contribution in [0.25, 0.3) is 0 Å². The molecule has 0 aliphatic heterocycles. The maximum absolute atomic E-state index is 11.8. The molecule has 1 amide bonds. The van der Waals surface area contributed by atoms with Crippen LogP contribution in [0.15, 0.2) is 12.3 Å². The number of aromatic nitrogens is 2. The summed E-state index contributed by atoms with van der Waals surface area (Å²) in [4.78, 5) is 11.8. The predicted molar refractivity (Wildman–Crippen MR) is 66.2 cm³/mol. The van der Waals surface area contributed by atoms with Gasteiger partial charge in [0.05, 0.1) is 0 Å². The van der Waals surface area contributed by atoms with E-state index in [-0.39, 0.29) is 12.5 Å². The van der Waals surface area contributed by atoms with Gasteiger partial charge in [0.15, 0.2) is 0 Å². The number of nitrogens with two attached hydrogens (primary N) is 1. The van der Waals surface area contributed by atoms with Gasteiger partial charge in [-0.2, -0.15) is 5.10 Å². The van der Waals surface area contributed by atoms with Crippen molar-refractivity contribution in [1.82, 2.24) is 15.1 Å². The van der Waals surface area contributed by atoms with Gasteiger partial charge in [-0.1, -0.05) is 19.8 Å². The maximum Gasteiger partial charge on any atom is 0.241 e. The summed E-state index contributed by atoms with van der Waals surface area (Å²) in [5.74, 6) is 1.30. The van der Waals surface area contributed by atoms with Crippen molar-refractivity contribution in [3.63, 3.8) is 0 Å². The van der Waals surface area contributed by atoms with E-state index in [0.29, 0.717) is 11.9 Å². The molecule has 1 heterocycles. The minimum absolute atomic E-state index is 0.0144. The normalized spacial score (nSPS) is 16.8. The summed E-state index contributed by atoms with van der Waals surface area (Å²) in [6.45, 7) is 2.36. The third-order valence-corrected chi connectivity index (χ3v) is 3.14. The molecule has 0 saturated heterocycles. The molecule has 1 aromatic heterocycles. The Kier molecular flexibility index (Phi) is 3.66. The summed E-state index contributed by atoms with van der Waals surface area (Å²) in [5, 5.41) is 7.05. The van der Waals surface area contributed by atoms with E-state index in [9.17, 15) is 4.79 Å². The third-order valence-electron chi connectivity index (χ3n) is 3.14. The molecule has 1 atom stereocenters. The van der Waals surface area contributed by atoms with Crippen LogP contribution in [0.3, 0.4) is 0 Å². The second-order valence-electron chi connectivity index (χ2n) is 4.79. The van der Waals surface area contributed by atoms with Gasteiger partial charge in [-0.3, -0.25) is 9.48 Å². The molecule has 1 fully saturated rings. The number of hydrogen-bond donors (Lipinski definition) is 2. The van der Waals surface area contributed by atoms with Crippen LogP contribution in [0.4, 0.5) is 5.82 Å². The van der Waals surface area contributed by atoms with Crippen LogP contribution in [0.2, 0.25) is 0 Å². The molecular formula is C12H20N4O. The lowest BCUT2D eigenvalue weighted by Crippen LogP contribution is -2.37. The average Bonchev–Trinajstić information content (AvgIpc) is 3.01. The highest BCUT2D eigenvalue weighted by Gasteiger charge is 2.25. The largest absolute Gasteiger partial charge is 0.382 e. The molecule has 94 valence electrons. The van der Waals surface area contributed by atoms with Gasteiger partial charge < -0.3 is 11.1 Å². The number of carbonyl (C=O) groups is 1. The molecule has 0 bridgehead atoms. The van der Waals surface area contributed by atoms with E-state index >= 15 is 0 Å². The Morgan fingerprint density at radius 3 is 3.00 bits per heavy atom. The topological polar surface area (TPSA) is 72.9 Å². The lowest BCUT2D eigenvalue weighted by Gasteiger charge is -2.16. The zero-order valence-electron chi connectivity index (χ0n) is 10.2. The van der Waals surface area contributed by atoms with Crippen molar-refractivity contribution in [3.8, 4) is 0 Å². The molecule has 1 aliphatic carbocycles. The number of nitrogen functional groups attached to an aromatic ring is 1. The molecule has 1 unspecified atom stereocenters. The third kappa shape index (κ3) is 3.76. The first-order valence-corrected chi connectivity index (χ1v) is 6.25. The number of nitrogens with zero attached hydrogens (tertiary/aromatic N) is 2. The Hall–Kier alpha value is -1.52. The molecule has 3 N–H and O–H groups in total. The van der Waals surface area contributed by atoms with E-state index in [1.54, 1.807) is 16.9 Å². The van der Waals surface area contributed by atoms with E-state index in [2.05, 4.69) is 17.3 Å². The van der Waals surface area contributed by atoms with E-state index in [4.69, 9.17) is 5.73 Å². The van der Waals surface area contributed by atoms with E-state index in [0.717, 1.165) is 18.8 Å². The number of carbonyl (C=O) groups excluding carboxylic acids is 1. The lowest BCUT2D eigenvalue weighted by atomic mass is 10.1. The number of anilines is 1. The number of hydrogen-bond acceptors (Lipinski definition) is 3. The van der Waals surface area contributed by atoms with Crippen molar-refractivity contribution in [1.29, 1.82) is 0 Å². The summed E-state index contributed by atoms with van der Waals surface area (Å²) in [7, 11) is 0. The van der Waals surface area contributed by atoms with Crippen LogP contribution >= 0.6 is 0 Å². The van der Waals surface area contributed by atoms with E-state index in [1.807, 2.05) is 0 Å². The second kappa shape index (κ2) is 5.21. The lowest BCUT2D eigenvalue weighted by molar-refractivity contribution is -0.122. The average molecular weight is 236 g/mol. The highest BCUT2D eigenvalue weighted by atomic mass is 16.2. The number of nitrogens with one attached hydrogen (secondary N) is 1. The van der Waals surface area contributed by atoms with Crippen molar-refractivity contribution < 1.29 is 4.79 Å². The van der Waals surface area contributed by atoms with Crippen molar-refractivity contribution >= 4 is 11.7 Å². The fourth-order valence-corrected chi connectivity index (χ4v) is 1.97. The smallest absolute Gasteiger partial charge is 0.241 e. The Morgan fingerprint density at radius 2 is 2.47 bits per heavy atom. The quantitative estimate of drug-likeness (QED) is 0.778. The van der Waals surface area contributed by atoms with Gasteiger partial charge in [-0.25, -0.2) is 0 Å². The van der Waals surface area contributed by atoms with Gasteiger partial charge in [0.25, 0.3) is 0 Å². The molecule has 0 radical (unpaired) electrons. The first-order chi connectivity index (χ1) is 8.17. The molecule has 0 aromatic carbocycles. The molecule has 0 spiro atoms. The van der Waals surface area contributed by atoms with Gasteiger partial charge in [0, 0.05) is 12.2 Å². The fraction of sp³-hybridized carbons (Fsp3) is 0.667. The zero-order chi connectivity index (χ0) is 12.3. The SMILES string of the molecule is CCC(CC1CC1)NC(=O)Cn1ccc(N)n1. The summed E-state index contributed by atoms with van der Waals surface area (Å²) in [6.07, 6.45) is 6.47. The molecule has 1 aromatic rings. The van der Waals surface area contributed by atoms with Crippen LogP contribution < -0.4 is 11.1 Å². The Morgan fingerprint density at radius 1 is 1.71 bits per heavy atom. The van der Waals surface area contributed by atoms with Crippen molar-refractivity contribution in [3.05, 3.63) is 12.3 Å². The fourth-order valence-electron chi connectivity index (χ4n) is 1.97. The van der Waals surface area contributed by atoms with Crippen LogP contribution in [0, 0.1) is 5.92 Å². The van der Waals surface area contributed by atoms with Gasteiger partial charge in [-0.05, 0) is 24.8 Å². The Bertz CT molecular complexity index is 384. The first kappa shape index (κ1) is 12.0. The first-order valence-electron chi connectivity index (χ1n) is 6.25. The van der Waals surface area contributed by atoms with Crippen molar-refractivity contribution in [2.24, 2.45) is 5.92 Å². The number of rotatable bonds is 6. The molecular weight excluding hydrogens is 216 g/mol. The maximum atomic E-state index is 11.8. The van der Waals surface area contributed by atoms with Crippen LogP contribution in [0.5, 0.6) is 0 Å². The van der Waals surface area contributed by atoms with Crippen LogP contribution in [-0.2, 0) is 11.3 Å². The number of amides is 1. The summed E-state index contributed by atoms with van der Waals surface area (Å²) < 4.78 is 1.56. The highest BCUT2D eigenvalue weighted by molar-refractivity contribution is 5.76. The summed E-state index contributed by atoms with van der Waals surface area (Å²) in [6, 6.07) is 2.00. The minimum Gasteiger partial charge on any atom is -0.382 e. The Labute approximate surface area is 101 Å². The zero-order valence-corrected chi connectivity index (χ0v) is 10.2. The summed E-state index contributed by atoms with van der Waals surface area (Å²) in [5.41, 5.74) is 5.49. The minimum atomic E-state index is 0.0144. The molecule has 1 saturated carbocycles. The molecule has 1 aliphatic rings. The molecule has 5 nitrogen and oxygen atoms in total. The molecule has 17 heavy (non-hydrogen) atoms. The van der Waals surface area contributed by atoms with Crippen molar-refractivity contribution in [2.45, 2.75) is 45.2 Å². The van der Waals surface area contributed by atoms with Gasteiger partial charge in [0.1, 0.15) is 12.4 Å². The predicted octanol–water partition coefficient (Wildman–Crippen LogP) is 1.16. The highest BCUT2D eigenvalue weighted by Crippen LogP contribution is 2.33. The van der Waals surface area contributed by atoms with Gasteiger partial charge in [0.2, 0.25) is 5.91 Å². The standard InChI is InChI=1S/C12H20N4O/c1-2-10(7-9-3-4-9)14-12(17)8-16-6-5-11(13)15-16/h5-6,9-10H,2-4,7-8H2,1H3,(H2,13,15)(H,14,17). The molecule has 5 heteroatoms. The van der Waals surface area contributed by atoms with Gasteiger partial charge in [-0.15, -0.1) is 0 Å². The van der Waals surface area contributed by atoms with Crippen LogP contribution in [0.1, 0.15) is 32.6 Å². The molecule has 2 rings (SSSR count). The monoisotopic (exact) mass is 236 g/mol. The van der Waals surface area contributed by atoms with Gasteiger partial charge >= 0.3 is 0 Å².